The number of hydrogen-bond acceptors (Lipinski definition) is 5. The zero-order chi connectivity index (χ0) is 23.5. The molecule has 1 aromatic heterocycles. The highest BCUT2D eigenvalue weighted by atomic mass is 19.4. The summed E-state index contributed by atoms with van der Waals surface area (Å²) in [4.78, 5) is 32.0. The Bertz CT molecular complexity index is 1030. The molecule has 1 aromatic carbocycles. The number of halogens is 4. The number of amides is 1. The molecule has 1 fully saturated rings. The van der Waals surface area contributed by atoms with Gasteiger partial charge in [-0.1, -0.05) is 25.8 Å². The van der Waals surface area contributed by atoms with Gasteiger partial charge in [-0.05, 0) is 30.5 Å². The third kappa shape index (κ3) is 5.64. The van der Waals surface area contributed by atoms with Crippen LogP contribution in [0.5, 0.6) is 5.75 Å². The van der Waals surface area contributed by atoms with Crippen molar-refractivity contribution >= 4 is 5.91 Å². The molecule has 1 aliphatic carbocycles. The zero-order valence-corrected chi connectivity index (χ0v) is 17.5. The van der Waals surface area contributed by atoms with E-state index in [0.717, 1.165) is 43.9 Å². The molecule has 32 heavy (non-hydrogen) atoms. The second kappa shape index (κ2) is 9.27. The number of benzene rings is 1. The van der Waals surface area contributed by atoms with Crippen LogP contribution in [0.1, 0.15) is 60.5 Å². The highest BCUT2D eigenvalue weighted by Crippen LogP contribution is 2.38. The Labute approximate surface area is 181 Å². The number of alkyl halides is 3. The van der Waals surface area contributed by atoms with Gasteiger partial charge in [0, 0.05) is 18.6 Å². The quantitative estimate of drug-likeness (QED) is 0.618. The van der Waals surface area contributed by atoms with Gasteiger partial charge in [0.05, 0.1) is 12.6 Å². The molecule has 1 saturated carbocycles. The first-order valence-corrected chi connectivity index (χ1v) is 9.97. The smallest absolute Gasteiger partial charge is 0.403 e. The van der Waals surface area contributed by atoms with Crippen LogP contribution in [0.2, 0.25) is 0 Å². The summed E-state index contributed by atoms with van der Waals surface area (Å²) in [5.74, 6) is -2.51. The molecule has 174 valence electrons. The Morgan fingerprint density at radius 1 is 1.28 bits per heavy atom. The lowest BCUT2D eigenvalue weighted by molar-refractivity contribution is -0.275. The van der Waals surface area contributed by atoms with Crippen molar-refractivity contribution < 1.29 is 31.8 Å². The van der Waals surface area contributed by atoms with Gasteiger partial charge in [-0.3, -0.25) is 9.59 Å². The molecule has 2 N–H and O–H groups in total. The lowest BCUT2D eigenvalue weighted by Gasteiger charge is -2.23. The maximum absolute atomic E-state index is 14.1. The summed E-state index contributed by atoms with van der Waals surface area (Å²) in [5.41, 5.74) is -0.773. The van der Waals surface area contributed by atoms with Crippen LogP contribution in [0, 0.1) is 5.82 Å². The van der Waals surface area contributed by atoms with Crippen LogP contribution in [0.4, 0.5) is 17.6 Å². The van der Waals surface area contributed by atoms with Gasteiger partial charge in [-0.15, -0.1) is 13.2 Å². The first-order valence-electron chi connectivity index (χ1n) is 9.97. The van der Waals surface area contributed by atoms with Crippen LogP contribution < -0.4 is 15.6 Å². The summed E-state index contributed by atoms with van der Waals surface area (Å²) in [5, 5.41) is 2.59. The van der Waals surface area contributed by atoms with Gasteiger partial charge in [-0.25, -0.2) is 9.37 Å². The third-order valence-electron chi connectivity index (χ3n) is 5.48. The maximum Gasteiger partial charge on any atom is 0.573 e. The zero-order valence-electron chi connectivity index (χ0n) is 17.5. The summed E-state index contributed by atoms with van der Waals surface area (Å²) in [6, 6.07) is 2.97. The summed E-state index contributed by atoms with van der Waals surface area (Å²) in [7, 11) is 1.35. The molecule has 0 spiro atoms. The number of ether oxygens (including phenoxy) is 2. The molecular formula is C21H23F4N3O4. The van der Waals surface area contributed by atoms with Crippen molar-refractivity contribution in [3.63, 3.8) is 0 Å². The largest absolute Gasteiger partial charge is 0.573 e. The van der Waals surface area contributed by atoms with E-state index in [1.165, 1.54) is 13.2 Å². The first-order chi connectivity index (χ1) is 15.0. The number of methoxy groups -OCH3 is 1. The number of nitrogens with one attached hydrogen (secondary N) is 2. The normalized spacial score (nSPS) is 16.6. The highest BCUT2D eigenvalue weighted by Gasteiger charge is 2.34. The SMILES string of the molecule is COC[C@@H](NC(=O)c1cc(=O)[nH]c(C2(C)CCCC2)n1)c1ccc(OC(F)(F)F)c(F)c1. The minimum absolute atomic E-state index is 0.0988. The number of H-pyrrole nitrogens is 1. The fraction of sp³-hybridized carbons (Fsp3) is 0.476. The minimum atomic E-state index is -5.04. The molecule has 1 heterocycles. The van der Waals surface area contributed by atoms with Crippen LogP contribution in [0.3, 0.4) is 0 Å². The fourth-order valence-corrected chi connectivity index (χ4v) is 3.81. The maximum atomic E-state index is 14.1. The number of aromatic amines is 1. The molecule has 1 aliphatic rings. The molecule has 1 amide bonds. The Hall–Kier alpha value is -2.95. The van der Waals surface area contributed by atoms with E-state index in [9.17, 15) is 27.2 Å². The molecular weight excluding hydrogens is 434 g/mol. The third-order valence-corrected chi connectivity index (χ3v) is 5.48. The Balaban J connectivity index is 1.84. The molecule has 3 rings (SSSR count). The molecule has 0 radical (unpaired) electrons. The van der Waals surface area contributed by atoms with Crippen LogP contribution in [-0.2, 0) is 10.2 Å². The molecule has 0 bridgehead atoms. The standard InChI is InChI=1S/C21H23F4N3O4/c1-20(7-3-4-8-20)19-27-14(10-17(29)28-19)18(30)26-15(11-31-2)12-5-6-16(13(22)9-12)32-21(23,24)25/h5-6,9-10,15H,3-4,7-8,11H2,1-2H3,(H,26,30)(H,27,28,29)/t15-/m1/s1. The van der Waals surface area contributed by atoms with E-state index in [1.54, 1.807) is 0 Å². The minimum Gasteiger partial charge on any atom is -0.403 e. The van der Waals surface area contributed by atoms with Gasteiger partial charge in [0.25, 0.3) is 11.5 Å². The van der Waals surface area contributed by atoms with Crippen molar-refractivity contribution in [1.29, 1.82) is 0 Å². The predicted octanol–water partition coefficient (Wildman–Crippen LogP) is 3.76. The average molecular weight is 457 g/mol. The topological polar surface area (TPSA) is 93.3 Å². The second-order valence-electron chi connectivity index (χ2n) is 7.97. The average Bonchev–Trinajstić information content (AvgIpc) is 3.15. The van der Waals surface area contributed by atoms with Crippen LogP contribution in [-0.4, -0.2) is 36.0 Å². The van der Waals surface area contributed by atoms with E-state index >= 15 is 0 Å². The van der Waals surface area contributed by atoms with Crippen LogP contribution in [0.25, 0.3) is 0 Å². The van der Waals surface area contributed by atoms with Crippen molar-refractivity contribution in [1.82, 2.24) is 15.3 Å². The monoisotopic (exact) mass is 457 g/mol. The number of carbonyl (C=O) groups excluding carboxylic acids is 1. The molecule has 2 aromatic rings. The Morgan fingerprint density at radius 3 is 2.56 bits per heavy atom. The van der Waals surface area contributed by atoms with Crippen molar-refractivity contribution in [2.24, 2.45) is 0 Å². The van der Waals surface area contributed by atoms with E-state index in [0.29, 0.717) is 5.82 Å². The fourth-order valence-electron chi connectivity index (χ4n) is 3.81. The van der Waals surface area contributed by atoms with Gasteiger partial charge >= 0.3 is 6.36 Å². The number of aromatic nitrogens is 2. The van der Waals surface area contributed by atoms with Crippen molar-refractivity contribution in [2.75, 3.05) is 13.7 Å². The number of hydrogen-bond donors (Lipinski definition) is 2. The number of carbonyl (C=O) groups is 1. The van der Waals surface area contributed by atoms with E-state index in [-0.39, 0.29) is 23.3 Å². The molecule has 0 aliphatic heterocycles. The number of rotatable bonds is 7. The summed E-state index contributed by atoms with van der Waals surface area (Å²) < 4.78 is 59.9. The summed E-state index contributed by atoms with van der Waals surface area (Å²) in [6.07, 6.45) is -1.39. The van der Waals surface area contributed by atoms with Gasteiger partial charge in [0.1, 0.15) is 11.5 Å². The predicted molar refractivity (Wildman–Crippen MR) is 106 cm³/mol. The van der Waals surface area contributed by atoms with E-state index < -0.39 is 35.4 Å². The van der Waals surface area contributed by atoms with E-state index in [4.69, 9.17) is 4.74 Å². The van der Waals surface area contributed by atoms with Crippen molar-refractivity contribution in [3.8, 4) is 5.75 Å². The van der Waals surface area contributed by atoms with Gasteiger partial charge in [-0.2, -0.15) is 0 Å². The molecule has 0 unspecified atom stereocenters. The summed E-state index contributed by atoms with van der Waals surface area (Å²) in [6.45, 7) is 1.87. The van der Waals surface area contributed by atoms with Gasteiger partial charge in [0.2, 0.25) is 0 Å². The van der Waals surface area contributed by atoms with Crippen LogP contribution in [0.15, 0.2) is 29.1 Å². The van der Waals surface area contributed by atoms with E-state index in [1.807, 2.05) is 6.92 Å². The van der Waals surface area contributed by atoms with Crippen LogP contribution >= 0.6 is 0 Å². The van der Waals surface area contributed by atoms with Crippen molar-refractivity contribution in [3.05, 3.63) is 57.5 Å². The number of nitrogens with zero attached hydrogens (tertiary/aromatic N) is 1. The lowest BCUT2D eigenvalue weighted by Crippen LogP contribution is -2.34. The van der Waals surface area contributed by atoms with Gasteiger partial charge in [0.15, 0.2) is 11.6 Å². The Morgan fingerprint density at radius 2 is 1.97 bits per heavy atom. The molecule has 7 nitrogen and oxygen atoms in total. The van der Waals surface area contributed by atoms with E-state index in [2.05, 4.69) is 20.0 Å². The van der Waals surface area contributed by atoms with Gasteiger partial charge < -0.3 is 19.8 Å². The summed E-state index contributed by atoms with van der Waals surface area (Å²) >= 11 is 0. The first kappa shape index (κ1) is 23.7. The Kier molecular flexibility index (Phi) is 6.87. The van der Waals surface area contributed by atoms with Crippen molar-refractivity contribution in [2.45, 2.75) is 50.4 Å². The molecule has 0 saturated heterocycles. The molecule has 1 atom stereocenters. The highest BCUT2D eigenvalue weighted by molar-refractivity contribution is 5.92. The lowest BCUT2D eigenvalue weighted by atomic mass is 9.88. The second-order valence-corrected chi connectivity index (χ2v) is 7.97. The molecule has 11 heteroatoms.